The molecule has 1 aromatic heterocycles. The van der Waals surface area contributed by atoms with Crippen LogP contribution in [0.1, 0.15) is 5.56 Å². The Morgan fingerprint density at radius 2 is 1.46 bits per heavy atom. The molecule has 5 heteroatoms. The molecule has 4 N–H and O–H groups in total. The van der Waals surface area contributed by atoms with Gasteiger partial charge in [-0.15, -0.1) is 12.4 Å². The van der Waals surface area contributed by atoms with Crippen molar-refractivity contribution in [2.75, 3.05) is 12.3 Å². The maximum Gasteiger partial charge on any atom is 0.219 e. The number of hydrogen-bond donors (Lipinski definition) is 2. The Hall–Kier alpha value is -2.56. The van der Waals surface area contributed by atoms with Crippen molar-refractivity contribution < 1.29 is 4.74 Å². The van der Waals surface area contributed by atoms with E-state index in [4.69, 9.17) is 16.2 Å². The molecule has 0 saturated heterocycles. The lowest BCUT2D eigenvalue weighted by molar-refractivity contribution is 0.463. The van der Waals surface area contributed by atoms with E-state index in [0.29, 0.717) is 18.1 Å². The third-order valence-electron chi connectivity index (χ3n) is 3.56. The molecule has 0 radical (unpaired) electrons. The number of nitrogen functional groups attached to an aromatic ring is 1. The van der Waals surface area contributed by atoms with Gasteiger partial charge in [0.1, 0.15) is 5.75 Å². The Bertz CT molecular complexity index is 756. The number of nitrogens with two attached hydrogens (primary N) is 2. The topological polar surface area (TPSA) is 74.2 Å². The number of aromatic nitrogens is 1. The Kier molecular flexibility index (Phi) is 6.18. The number of rotatable bonds is 5. The lowest BCUT2D eigenvalue weighted by Crippen LogP contribution is -2.02. The summed E-state index contributed by atoms with van der Waals surface area (Å²) in [7, 11) is 0. The largest absolute Gasteiger partial charge is 0.439 e. The van der Waals surface area contributed by atoms with Crippen LogP contribution in [0.2, 0.25) is 0 Å². The van der Waals surface area contributed by atoms with Crippen LogP contribution in [-0.4, -0.2) is 11.5 Å². The predicted octanol–water partition coefficient (Wildman–Crippen LogP) is 4.05. The lowest BCUT2D eigenvalue weighted by Gasteiger charge is -2.07. The molecule has 3 aromatic rings. The Balaban J connectivity index is 0.00000208. The second-order valence-corrected chi connectivity index (χ2v) is 5.29. The zero-order chi connectivity index (χ0) is 16.1. The fraction of sp³-hybridized carbons (Fsp3) is 0.105. The van der Waals surface area contributed by atoms with E-state index < -0.39 is 0 Å². The standard InChI is InChI=1S/C19H19N3O.ClH/c20-12-11-14-1-3-15(4-2-14)16-5-8-18(9-6-16)23-19-10-7-17(21)13-22-19;/h1-10,13H,11-12,20-21H2;1H. The van der Waals surface area contributed by atoms with Gasteiger partial charge in [-0.05, 0) is 47.9 Å². The van der Waals surface area contributed by atoms with Crippen molar-refractivity contribution in [1.29, 1.82) is 0 Å². The smallest absolute Gasteiger partial charge is 0.219 e. The number of anilines is 1. The minimum Gasteiger partial charge on any atom is -0.439 e. The van der Waals surface area contributed by atoms with E-state index in [1.165, 1.54) is 11.1 Å². The van der Waals surface area contributed by atoms with E-state index in [2.05, 4.69) is 29.2 Å². The minimum atomic E-state index is 0. The molecular formula is C19H20ClN3O. The molecule has 24 heavy (non-hydrogen) atoms. The molecule has 4 nitrogen and oxygen atoms in total. The average molecular weight is 342 g/mol. The second kappa shape index (κ2) is 8.34. The van der Waals surface area contributed by atoms with Crippen LogP contribution in [0, 0.1) is 0 Å². The molecule has 0 saturated carbocycles. The van der Waals surface area contributed by atoms with Gasteiger partial charge in [-0.1, -0.05) is 36.4 Å². The van der Waals surface area contributed by atoms with Crippen LogP contribution in [-0.2, 0) is 6.42 Å². The first-order valence-electron chi connectivity index (χ1n) is 7.53. The van der Waals surface area contributed by atoms with Gasteiger partial charge in [0.15, 0.2) is 0 Å². The van der Waals surface area contributed by atoms with Crippen molar-refractivity contribution >= 4 is 18.1 Å². The fourth-order valence-electron chi connectivity index (χ4n) is 2.32. The summed E-state index contributed by atoms with van der Waals surface area (Å²) in [4.78, 5) is 4.12. The van der Waals surface area contributed by atoms with Crippen LogP contribution >= 0.6 is 12.4 Å². The molecule has 0 unspecified atom stereocenters. The quantitative estimate of drug-likeness (QED) is 0.734. The number of nitrogens with zero attached hydrogens (tertiary/aromatic N) is 1. The van der Waals surface area contributed by atoms with Crippen molar-refractivity contribution in [2.24, 2.45) is 5.73 Å². The number of hydrogen-bond acceptors (Lipinski definition) is 4. The van der Waals surface area contributed by atoms with E-state index in [9.17, 15) is 0 Å². The highest BCUT2D eigenvalue weighted by molar-refractivity contribution is 5.85. The molecule has 0 bridgehead atoms. The second-order valence-electron chi connectivity index (χ2n) is 5.29. The van der Waals surface area contributed by atoms with Gasteiger partial charge in [-0.25, -0.2) is 4.98 Å². The van der Waals surface area contributed by atoms with Crippen LogP contribution in [0.15, 0.2) is 66.9 Å². The van der Waals surface area contributed by atoms with Crippen molar-refractivity contribution in [3.63, 3.8) is 0 Å². The zero-order valence-corrected chi connectivity index (χ0v) is 14.0. The van der Waals surface area contributed by atoms with Crippen LogP contribution < -0.4 is 16.2 Å². The van der Waals surface area contributed by atoms with Crippen LogP contribution in [0.25, 0.3) is 11.1 Å². The van der Waals surface area contributed by atoms with Gasteiger partial charge in [-0.2, -0.15) is 0 Å². The number of benzene rings is 2. The average Bonchev–Trinajstić information content (AvgIpc) is 2.59. The van der Waals surface area contributed by atoms with Gasteiger partial charge in [-0.3, -0.25) is 0 Å². The predicted molar refractivity (Wildman–Crippen MR) is 101 cm³/mol. The van der Waals surface area contributed by atoms with E-state index in [-0.39, 0.29) is 12.4 Å². The summed E-state index contributed by atoms with van der Waals surface area (Å²) in [5, 5.41) is 0. The zero-order valence-electron chi connectivity index (χ0n) is 13.2. The van der Waals surface area contributed by atoms with Crippen molar-refractivity contribution in [3.8, 4) is 22.8 Å². The van der Waals surface area contributed by atoms with Gasteiger partial charge in [0, 0.05) is 6.07 Å². The summed E-state index contributed by atoms with van der Waals surface area (Å²) in [5.41, 5.74) is 15.4. The van der Waals surface area contributed by atoms with Crippen LogP contribution in [0.3, 0.4) is 0 Å². The highest BCUT2D eigenvalue weighted by Gasteiger charge is 2.01. The molecule has 0 aliphatic rings. The summed E-state index contributed by atoms with van der Waals surface area (Å²) >= 11 is 0. The lowest BCUT2D eigenvalue weighted by atomic mass is 10.0. The van der Waals surface area contributed by atoms with Crippen LogP contribution in [0.5, 0.6) is 11.6 Å². The molecule has 124 valence electrons. The number of pyridine rings is 1. The number of ether oxygens (including phenoxy) is 1. The summed E-state index contributed by atoms with van der Waals surface area (Å²) in [6.45, 7) is 0.671. The molecule has 2 aromatic carbocycles. The van der Waals surface area contributed by atoms with Gasteiger partial charge < -0.3 is 16.2 Å². The van der Waals surface area contributed by atoms with E-state index in [0.717, 1.165) is 17.7 Å². The van der Waals surface area contributed by atoms with Gasteiger partial charge >= 0.3 is 0 Å². The Morgan fingerprint density at radius 3 is 2.00 bits per heavy atom. The molecule has 0 amide bonds. The molecule has 0 spiro atoms. The third kappa shape index (κ3) is 4.47. The van der Waals surface area contributed by atoms with E-state index in [1.54, 1.807) is 18.3 Å². The first-order valence-corrected chi connectivity index (χ1v) is 7.53. The minimum absolute atomic E-state index is 0. The summed E-state index contributed by atoms with van der Waals surface area (Å²) in [6.07, 6.45) is 2.48. The first kappa shape index (κ1) is 17.8. The van der Waals surface area contributed by atoms with E-state index >= 15 is 0 Å². The summed E-state index contributed by atoms with van der Waals surface area (Å²) in [5.74, 6) is 1.27. The van der Waals surface area contributed by atoms with Gasteiger partial charge in [0.05, 0.1) is 11.9 Å². The molecule has 0 atom stereocenters. The molecule has 1 heterocycles. The molecular weight excluding hydrogens is 322 g/mol. The Labute approximate surface area is 147 Å². The first-order chi connectivity index (χ1) is 11.2. The normalized spacial score (nSPS) is 10.0. The van der Waals surface area contributed by atoms with E-state index in [1.807, 2.05) is 24.3 Å². The van der Waals surface area contributed by atoms with Crippen molar-refractivity contribution in [3.05, 3.63) is 72.4 Å². The fourth-order valence-corrected chi connectivity index (χ4v) is 2.32. The Morgan fingerprint density at radius 1 is 0.833 bits per heavy atom. The van der Waals surface area contributed by atoms with Gasteiger partial charge in [0.2, 0.25) is 5.88 Å². The van der Waals surface area contributed by atoms with Crippen molar-refractivity contribution in [2.45, 2.75) is 6.42 Å². The molecule has 0 aliphatic carbocycles. The maximum atomic E-state index is 5.69. The van der Waals surface area contributed by atoms with Crippen LogP contribution in [0.4, 0.5) is 5.69 Å². The van der Waals surface area contributed by atoms with Crippen molar-refractivity contribution in [1.82, 2.24) is 4.98 Å². The molecule has 0 aliphatic heterocycles. The highest BCUT2D eigenvalue weighted by Crippen LogP contribution is 2.25. The molecule has 0 fully saturated rings. The number of halogens is 1. The summed E-state index contributed by atoms with van der Waals surface area (Å²) < 4.78 is 5.69. The third-order valence-corrected chi connectivity index (χ3v) is 3.56. The molecule has 3 rings (SSSR count). The maximum absolute atomic E-state index is 5.69. The highest BCUT2D eigenvalue weighted by atomic mass is 35.5. The summed E-state index contributed by atoms with van der Waals surface area (Å²) in [6, 6.07) is 19.9. The monoisotopic (exact) mass is 341 g/mol. The van der Waals surface area contributed by atoms with Gasteiger partial charge in [0.25, 0.3) is 0 Å². The SMILES string of the molecule is Cl.NCCc1ccc(-c2ccc(Oc3ccc(N)cn3)cc2)cc1.